The third-order valence-electron chi connectivity index (χ3n) is 0.472. The second kappa shape index (κ2) is 3.67. The van der Waals surface area contributed by atoms with Crippen LogP contribution >= 0.6 is 21.6 Å². The Morgan fingerprint density at radius 3 is 2.12 bits per heavy atom. The van der Waals surface area contributed by atoms with Gasteiger partial charge >= 0.3 is 0 Å². The summed E-state index contributed by atoms with van der Waals surface area (Å²) in [6, 6.07) is 0. The van der Waals surface area contributed by atoms with E-state index in [0.29, 0.717) is 13.9 Å². The van der Waals surface area contributed by atoms with Crippen molar-refractivity contribution in [3.8, 4) is 0 Å². The molecular formula is C4H12NOPS. The molecule has 0 aromatic rings. The second-order valence-corrected chi connectivity index (χ2v) is 4.71. The van der Waals surface area contributed by atoms with Crippen LogP contribution in [0.4, 0.5) is 0 Å². The number of nitrogens with one attached hydrogen (secondary N) is 1. The Morgan fingerprint density at radius 1 is 1.50 bits per heavy atom. The number of hydrogen-bond donors (Lipinski definition) is 2. The van der Waals surface area contributed by atoms with Gasteiger partial charge in [-0.1, -0.05) is 20.8 Å². The number of hydrogen-bond acceptors (Lipinski definition) is 3. The fourth-order valence-corrected chi connectivity index (χ4v) is 0.665. The summed E-state index contributed by atoms with van der Waals surface area (Å²) >= 11 is 3.53. The molecular weight excluding hydrogens is 141 g/mol. The first-order chi connectivity index (χ1) is 3.56. The Morgan fingerprint density at radius 2 is 2.00 bits per heavy atom. The molecule has 0 aromatic heterocycles. The highest BCUT2D eigenvalue weighted by Crippen LogP contribution is 2.25. The fourth-order valence-electron chi connectivity index (χ4n) is 0.176. The molecule has 0 saturated carbocycles. The van der Waals surface area contributed by atoms with E-state index < -0.39 is 0 Å². The van der Waals surface area contributed by atoms with Crippen molar-refractivity contribution in [3.63, 3.8) is 0 Å². The molecule has 0 amide bonds. The lowest BCUT2D eigenvalue weighted by molar-refractivity contribution is 0.342. The van der Waals surface area contributed by atoms with E-state index in [2.05, 4.69) is 43.2 Å². The lowest BCUT2D eigenvalue weighted by Gasteiger charge is -2.16. The van der Waals surface area contributed by atoms with Crippen molar-refractivity contribution in [2.24, 2.45) is 0 Å². The van der Waals surface area contributed by atoms with Gasteiger partial charge in [-0.25, -0.2) is 4.28 Å². The predicted molar refractivity (Wildman–Crippen MR) is 41.3 cm³/mol. The Hall–Kier alpha value is 0.700. The van der Waals surface area contributed by atoms with Gasteiger partial charge in [0.15, 0.2) is 0 Å². The molecule has 0 bridgehead atoms. The Bertz CT molecular complexity index is 63.5. The molecule has 0 saturated heterocycles. The third kappa shape index (κ3) is 6.70. The maximum absolute atomic E-state index is 4.37. The van der Waals surface area contributed by atoms with E-state index in [1.807, 2.05) is 0 Å². The summed E-state index contributed by atoms with van der Waals surface area (Å²) in [5, 5.41) is 2.97. The normalized spacial score (nSPS) is 13.5. The van der Waals surface area contributed by atoms with Crippen LogP contribution in [0.2, 0.25) is 0 Å². The predicted octanol–water partition coefficient (Wildman–Crippen LogP) is 1.74. The van der Waals surface area contributed by atoms with Crippen molar-refractivity contribution in [2.75, 3.05) is 0 Å². The zero-order valence-electron chi connectivity index (χ0n) is 5.36. The van der Waals surface area contributed by atoms with Crippen molar-refractivity contribution in [1.82, 2.24) is 5.25 Å². The number of rotatable bonds is 2. The van der Waals surface area contributed by atoms with E-state index in [-0.39, 0.29) is 0 Å². The molecule has 0 radical (unpaired) electrons. The molecule has 0 rings (SSSR count). The van der Waals surface area contributed by atoms with Crippen LogP contribution in [0.5, 0.6) is 0 Å². The zero-order valence-corrected chi connectivity index (χ0v) is 7.25. The average molecular weight is 153 g/mol. The monoisotopic (exact) mass is 153 g/mol. The highest BCUT2D eigenvalue weighted by atomic mass is 32.1. The van der Waals surface area contributed by atoms with Crippen molar-refractivity contribution in [1.29, 1.82) is 0 Å². The van der Waals surface area contributed by atoms with Crippen LogP contribution in [-0.2, 0) is 4.28 Å². The van der Waals surface area contributed by atoms with Gasteiger partial charge in [-0.3, -0.25) is 0 Å². The van der Waals surface area contributed by atoms with Gasteiger partial charge in [0.05, 0.1) is 0 Å². The molecule has 0 aromatic carbocycles. The first-order valence-corrected chi connectivity index (χ1v) is 3.75. The number of thiol groups is 1. The van der Waals surface area contributed by atoms with E-state index in [1.54, 1.807) is 0 Å². The molecule has 1 atom stereocenters. The largest absolute Gasteiger partial charge is 0.231 e. The van der Waals surface area contributed by atoms with E-state index >= 15 is 0 Å². The molecule has 4 heteroatoms. The summed E-state index contributed by atoms with van der Waals surface area (Å²) in [5.74, 6) is 0. The van der Waals surface area contributed by atoms with Crippen LogP contribution in [0.3, 0.4) is 0 Å². The Kier molecular flexibility index (Phi) is 4.00. The SMILES string of the molecule is CC(C)(C)PNOS. The van der Waals surface area contributed by atoms with Gasteiger partial charge < -0.3 is 0 Å². The van der Waals surface area contributed by atoms with Crippen molar-refractivity contribution in [2.45, 2.75) is 25.9 Å². The van der Waals surface area contributed by atoms with E-state index in [9.17, 15) is 0 Å². The van der Waals surface area contributed by atoms with Crippen LogP contribution in [0.25, 0.3) is 0 Å². The molecule has 1 unspecified atom stereocenters. The van der Waals surface area contributed by atoms with E-state index in [1.165, 1.54) is 0 Å². The molecule has 0 heterocycles. The summed E-state index contributed by atoms with van der Waals surface area (Å²) in [4.78, 5) is 0. The molecule has 0 spiro atoms. The first kappa shape index (κ1) is 8.70. The second-order valence-electron chi connectivity index (χ2n) is 2.57. The van der Waals surface area contributed by atoms with E-state index in [0.717, 1.165) is 0 Å². The van der Waals surface area contributed by atoms with Gasteiger partial charge in [-0.05, 0) is 26.8 Å². The zero-order chi connectivity index (χ0) is 6.62. The lowest BCUT2D eigenvalue weighted by Crippen LogP contribution is -2.11. The van der Waals surface area contributed by atoms with E-state index in [4.69, 9.17) is 0 Å². The van der Waals surface area contributed by atoms with Crippen LogP contribution in [0.15, 0.2) is 0 Å². The molecule has 2 nitrogen and oxygen atoms in total. The Labute approximate surface area is 57.8 Å². The molecule has 1 N–H and O–H groups in total. The van der Waals surface area contributed by atoms with Gasteiger partial charge in [-0.15, -0.1) is 0 Å². The van der Waals surface area contributed by atoms with Gasteiger partial charge in [0.1, 0.15) is 0 Å². The molecule has 0 fully saturated rings. The first-order valence-electron chi connectivity index (χ1n) is 2.39. The third-order valence-corrected chi connectivity index (χ3v) is 1.69. The minimum absolute atomic E-state index is 0.294. The van der Waals surface area contributed by atoms with Crippen LogP contribution in [0.1, 0.15) is 20.8 Å². The van der Waals surface area contributed by atoms with Crippen molar-refractivity contribution in [3.05, 3.63) is 0 Å². The van der Waals surface area contributed by atoms with Gasteiger partial charge in [0, 0.05) is 0 Å². The topological polar surface area (TPSA) is 21.3 Å². The molecule has 0 aliphatic rings. The molecule has 0 aliphatic carbocycles. The minimum Gasteiger partial charge on any atom is -0.231 e. The molecule has 50 valence electrons. The summed E-state index contributed by atoms with van der Waals surface area (Å²) in [6.07, 6.45) is 0. The summed E-state index contributed by atoms with van der Waals surface area (Å²) < 4.78 is 4.37. The van der Waals surface area contributed by atoms with Crippen molar-refractivity contribution < 1.29 is 4.28 Å². The summed E-state index contributed by atoms with van der Waals surface area (Å²) in [6.45, 7) is 6.39. The quantitative estimate of drug-likeness (QED) is 0.273. The van der Waals surface area contributed by atoms with Crippen LogP contribution in [0, 0.1) is 0 Å². The standard InChI is InChI=1S/C4H12NOPS/c1-4(2,3)7-5-6-8/h5,7-8H,1-3H3. The summed E-state index contributed by atoms with van der Waals surface area (Å²) in [7, 11) is 0.593. The van der Waals surface area contributed by atoms with Crippen molar-refractivity contribution >= 4 is 21.6 Å². The lowest BCUT2D eigenvalue weighted by atomic mass is 10.3. The summed E-state index contributed by atoms with van der Waals surface area (Å²) in [5.41, 5.74) is 0. The van der Waals surface area contributed by atoms with Gasteiger partial charge in [0.2, 0.25) is 0 Å². The van der Waals surface area contributed by atoms with Gasteiger partial charge in [-0.2, -0.15) is 5.25 Å². The maximum atomic E-state index is 4.37. The van der Waals surface area contributed by atoms with Crippen LogP contribution < -0.4 is 5.25 Å². The molecule has 0 aliphatic heterocycles. The Balaban J connectivity index is 3.11. The highest BCUT2D eigenvalue weighted by molar-refractivity contribution is 7.75. The van der Waals surface area contributed by atoms with Crippen LogP contribution in [-0.4, -0.2) is 5.16 Å². The minimum atomic E-state index is 0.294. The maximum Gasteiger partial charge on any atom is -0.000572 e. The fraction of sp³-hybridized carbons (Fsp3) is 1.00. The smallest absolute Gasteiger partial charge is 0.000572 e. The molecule has 8 heavy (non-hydrogen) atoms. The average Bonchev–Trinajstić information content (AvgIpc) is 1.59. The van der Waals surface area contributed by atoms with Gasteiger partial charge in [0.25, 0.3) is 0 Å². The highest BCUT2D eigenvalue weighted by Gasteiger charge is 2.08.